The van der Waals surface area contributed by atoms with Crippen LogP contribution < -0.4 is 5.32 Å². The molecule has 0 amide bonds. The van der Waals surface area contributed by atoms with Gasteiger partial charge in [0.05, 0.1) is 0 Å². The molecule has 0 aromatic rings. The molecule has 0 aromatic heterocycles. The van der Waals surface area contributed by atoms with Gasteiger partial charge in [-0.2, -0.15) is 11.8 Å². The molecule has 1 aliphatic rings. The fourth-order valence-corrected chi connectivity index (χ4v) is 3.16. The summed E-state index contributed by atoms with van der Waals surface area (Å²) in [6.07, 6.45) is 6.89. The summed E-state index contributed by atoms with van der Waals surface area (Å²) < 4.78 is 0. The number of rotatable bonds is 7. The molecule has 84 valence electrons. The maximum atomic E-state index is 3.72. The molecule has 14 heavy (non-hydrogen) atoms. The molecule has 0 aromatic carbocycles. The molecule has 1 rings (SSSR count). The van der Waals surface area contributed by atoms with Crippen LogP contribution >= 0.6 is 11.8 Å². The molecule has 2 heteroatoms. The topological polar surface area (TPSA) is 12.0 Å². The maximum Gasteiger partial charge on any atom is 0.0166 e. The molecule has 1 nitrogen and oxygen atoms in total. The van der Waals surface area contributed by atoms with Crippen molar-refractivity contribution >= 4 is 11.8 Å². The summed E-state index contributed by atoms with van der Waals surface area (Å²) in [4.78, 5) is 0. The van der Waals surface area contributed by atoms with Crippen LogP contribution in [-0.2, 0) is 0 Å². The molecule has 0 unspecified atom stereocenters. The smallest absolute Gasteiger partial charge is 0.0166 e. The van der Waals surface area contributed by atoms with Gasteiger partial charge in [-0.05, 0) is 31.1 Å². The van der Waals surface area contributed by atoms with E-state index in [2.05, 4.69) is 30.9 Å². The summed E-state index contributed by atoms with van der Waals surface area (Å²) in [6, 6.07) is 0.815. The van der Waals surface area contributed by atoms with Gasteiger partial charge in [0.1, 0.15) is 0 Å². The number of unbranched alkanes of at least 4 members (excludes halogenated alkanes) is 1. The van der Waals surface area contributed by atoms with Crippen LogP contribution in [0.3, 0.4) is 0 Å². The third-order valence-corrected chi connectivity index (χ3v) is 4.33. The number of thioether (sulfide) groups is 1. The summed E-state index contributed by atoms with van der Waals surface area (Å²) >= 11 is 2.10. The first-order chi connectivity index (χ1) is 6.86. The van der Waals surface area contributed by atoms with Crippen LogP contribution in [0.25, 0.3) is 0 Å². The zero-order valence-corrected chi connectivity index (χ0v) is 10.5. The standard InChI is InChI=1S/C12H25NS/c1-3-5-6-11(4-2)9-13-12-7-8-14-10-12/h11-13H,3-10H2,1-2H3/t11-,12-/m1/s1. The Bertz CT molecular complexity index is 132. The molecule has 0 radical (unpaired) electrons. The molecule has 1 heterocycles. The number of hydrogen-bond acceptors (Lipinski definition) is 2. The molecule has 1 saturated heterocycles. The van der Waals surface area contributed by atoms with E-state index in [4.69, 9.17) is 0 Å². The van der Waals surface area contributed by atoms with Crippen molar-refractivity contribution in [3.8, 4) is 0 Å². The Kier molecular flexibility index (Phi) is 6.70. The van der Waals surface area contributed by atoms with E-state index >= 15 is 0 Å². The lowest BCUT2D eigenvalue weighted by Gasteiger charge is -2.18. The Hall–Kier alpha value is 0.310. The summed E-state index contributed by atoms with van der Waals surface area (Å²) in [5.41, 5.74) is 0. The lowest BCUT2D eigenvalue weighted by Crippen LogP contribution is -2.33. The summed E-state index contributed by atoms with van der Waals surface area (Å²) in [7, 11) is 0. The van der Waals surface area contributed by atoms with Gasteiger partial charge in [0.15, 0.2) is 0 Å². The van der Waals surface area contributed by atoms with Crippen LogP contribution in [0.15, 0.2) is 0 Å². The highest BCUT2D eigenvalue weighted by Gasteiger charge is 2.15. The van der Waals surface area contributed by atoms with Crippen LogP contribution in [0.4, 0.5) is 0 Å². The molecule has 1 N–H and O–H groups in total. The summed E-state index contributed by atoms with van der Waals surface area (Å²) in [5, 5.41) is 3.72. The van der Waals surface area contributed by atoms with Crippen molar-refractivity contribution in [1.29, 1.82) is 0 Å². The van der Waals surface area contributed by atoms with Crippen LogP contribution in [0, 0.1) is 5.92 Å². The monoisotopic (exact) mass is 215 g/mol. The second-order valence-electron chi connectivity index (χ2n) is 4.39. The summed E-state index contributed by atoms with van der Waals surface area (Å²) in [5.74, 6) is 3.62. The minimum atomic E-state index is 0.815. The van der Waals surface area contributed by atoms with Gasteiger partial charge in [0, 0.05) is 11.8 Å². The van der Waals surface area contributed by atoms with E-state index in [0.29, 0.717) is 0 Å². The Labute approximate surface area is 93.4 Å². The SMILES string of the molecule is CCCC[C@@H](CC)CN[C@@H]1CCSC1. The molecular formula is C12H25NS. The second-order valence-corrected chi connectivity index (χ2v) is 5.54. The van der Waals surface area contributed by atoms with E-state index in [1.165, 1.54) is 50.2 Å². The Morgan fingerprint density at radius 2 is 2.29 bits per heavy atom. The van der Waals surface area contributed by atoms with E-state index in [0.717, 1.165) is 12.0 Å². The number of nitrogens with one attached hydrogen (secondary N) is 1. The first kappa shape index (κ1) is 12.4. The predicted molar refractivity (Wildman–Crippen MR) is 67.0 cm³/mol. The third-order valence-electron chi connectivity index (χ3n) is 3.17. The zero-order valence-electron chi connectivity index (χ0n) is 9.72. The Balaban J connectivity index is 2.06. The van der Waals surface area contributed by atoms with E-state index in [-0.39, 0.29) is 0 Å². The van der Waals surface area contributed by atoms with Crippen LogP contribution in [0.5, 0.6) is 0 Å². The fraction of sp³-hybridized carbons (Fsp3) is 1.00. The molecule has 1 fully saturated rings. The van der Waals surface area contributed by atoms with E-state index < -0.39 is 0 Å². The van der Waals surface area contributed by atoms with Crippen molar-refractivity contribution in [3.63, 3.8) is 0 Å². The second kappa shape index (κ2) is 7.58. The maximum absolute atomic E-state index is 3.72. The fourth-order valence-electron chi connectivity index (χ4n) is 1.97. The average Bonchev–Trinajstić information content (AvgIpc) is 2.71. The van der Waals surface area contributed by atoms with Gasteiger partial charge >= 0.3 is 0 Å². The van der Waals surface area contributed by atoms with Crippen molar-refractivity contribution < 1.29 is 0 Å². The Morgan fingerprint density at radius 3 is 2.86 bits per heavy atom. The predicted octanol–water partition coefficient (Wildman–Crippen LogP) is 3.30. The van der Waals surface area contributed by atoms with Crippen molar-refractivity contribution in [2.75, 3.05) is 18.1 Å². The van der Waals surface area contributed by atoms with Crippen LogP contribution in [0.1, 0.15) is 46.0 Å². The minimum Gasteiger partial charge on any atom is -0.313 e. The molecule has 0 aliphatic carbocycles. The van der Waals surface area contributed by atoms with Gasteiger partial charge in [-0.3, -0.25) is 0 Å². The average molecular weight is 215 g/mol. The Morgan fingerprint density at radius 1 is 1.43 bits per heavy atom. The van der Waals surface area contributed by atoms with E-state index in [1.807, 2.05) is 0 Å². The van der Waals surface area contributed by atoms with Gasteiger partial charge in [0.2, 0.25) is 0 Å². The van der Waals surface area contributed by atoms with Crippen molar-refractivity contribution in [3.05, 3.63) is 0 Å². The molecule has 0 spiro atoms. The quantitative estimate of drug-likeness (QED) is 0.699. The highest BCUT2D eigenvalue weighted by molar-refractivity contribution is 7.99. The highest BCUT2D eigenvalue weighted by atomic mass is 32.2. The lowest BCUT2D eigenvalue weighted by atomic mass is 9.99. The summed E-state index contributed by atoms with van der Waals surface area (Å²) in [6.45, 7) is 5.86. The van der Waals surface area contributed by atoms with Gasteiger partial charge in [-0.1, -0.05) is 33.1 Å². The van der Waals surface area contributed by atoms with Crippen LogP contribution in [0.2, 0.25) is 0 Å². The van der Waals surface area contributed by atoms with Gasteiger partial charge < -0.3 is 5.32 Å². The minimum absolute atomic E-state index is 0.815. The van der Waals surface area contributed by atoms with Crippen molar-refractivity contribution in [2.24, 2.45) is 5.92 Å². The van der Waals surface area contributed by atoms with Gasteiger partial charge in [-0.25, -0.2) is 0 Å². The van der Waals surface area contributed by atoms with Crippen LogP contribution in [-0.4, -0.2) is 24.1 Å². The van der Waals surface area contributed by atoms with Gasteiger partial charge in [0.25, 0.3) is 0 Å². The van der Waals surface area contributed by atoms with E-state index in [9.17, 15) is 0 Å². The normalized spacial score (nSPS) is 24.0. The first-order valence-electron chi connectivity index (χ1n) is 6.18. The van der Waals surface area contributed by atoms with E-state index in [1.54, 1.807) is 0 Å². The first-order valence-corrected chi connectivity index (χ1v) is 7.33. The molecule has 1 aliphatic heterocycles. The van der Waals surface area contributed by atoms with Crippen molar-refractivity contribution in [1.82, 2.24) is 5.32 Å². The zero-order chi connectivity index (χ0) is 10.2. The molecular weight excluding hydrogens is 190 g/mol. The lowest BCUT2D eigenvalue weighted by molar-refractivity contribution is 0.397. The van der Waals surface area contributed by atoms with Gasteiger partial charge in [-0.15, -0.1) is 0 Å². The molecule has 0 bridgehead atoms. The molecule has 2 atom stereocenters. The third kappa shape index (κ3) is 4.70. The number of hydrogen-bond donors (Lipinski definition) is 1. The van der Waals surface area contributed by atoms with Crippen molar-refractivity contribution in [2.45, 2.75) is 52.0 Å². The largest absolute Gasteiger partial charge is 0.313 e. The highest BCUT2D eigenvalue weighted by Crippen LogP contribution is 2.18. The molecule has 0 saturated carbocycles.